The number of nitro benzene ring substituents is 1. The number of nitro groups is 1. The molecule has 1 atom stereocenters. The van der Waals surface area contributed by atoms with Crippen LogP contribution in [0, 0.1) is 16.0 Å². The van der Waals surface area contributed by atoms with Gasteiger partial charge in [-0.25, -0.2) is 0 Å². The smallest absolute Gasteiger partial charge is 0.269 e. The predicted molar refractivity (Wildman–Crippen MR) is 107 cm³/mol. The number of carbonyl (C=O) groups excluding carboxylic acids is 1. The first kappa shape index (κ1) is 18.6. The van der Waals surface area contributed by atoms with Crippen LogP contribution in [-0.2, 0) is 24.3 Å². The second-order valence-electron chi connectivity index (χ2n) is 7.78. The summed E-state index contributed by atoms with van der Waals surface area (Å²) in [5.74, 6) is 0.260. The molecule has 0 N–H and O–H groups in total. The van der Waals surface area contributed by atoms with Gasteiger partial charge in [-0.3, -0.25) is 19.8 Å². The maximum Gasteiger partial charge on any atom is 0.269 e. The Bertz CT molecular complexity index is 883. The molecular formula is C22H25N3O3. The first-order valence-electron chi connectivity index (χ1n) is 9.91. The number of piperidine rings is 1. The molecule has 0 bridgehead atoms. The molecular weight excluding hydrogens is 354 g/mol. The van der Waals surface area contributed by atoms with E-state index in [0.717, 1.165) is 44.5 Å². The number of hydrogen-bond acceptors (Lipinski definition) is 4. The highest BCUT2D eigenvalue weighted by molar-refractivity contribution is 5.79. The number of benzene rings is 2. The fraction of sp³-hybridized carbons (Fsp3) is 0.409. The fourth-order valence-electron chi connectivity index (χ4n) is 4.37. The van der Waals surface area contributed by atoms with E-state index in [1.54, 1.807) is 12.1 Å². The third kappa shape index (κ3) is 4.07. The molecule has 2 heterocycles. The number of amides is 1. The summed E-state index contributed by atoms with van der Waals surface area (Å²) in [5, 5.41) is 11.0. The minimum atomic E-state index is -0.361. The highest BCUT2D eigenvalue weighted by Gasteiger charge is 2.31. The van der Waals surface area contributed by atoms with Crippen LogP contribution in [0.25, 0.3) is 0 Å². The first-order valence-corrected chi connectivity index (χ1v) is 9.91. The molecule has 146 valence electrons. The van der Waals surface area contributed by atoms with Crippen molar-refractivity contribution in [1.82, 2.24) is 9.80 Å². The van der Waals surface area contributed by atoms with E-state index in [4.69, 9.17) is 0 Å². The Labute approximate surface area is 164 Å². The van der Waals surface area contributed by atoms with Crippen LogP contribution in [0.15, 0.2) is 48.5 Å². The standard InChI is InChI=1S/C22H25N3O3/c26-22(24-12-10-18-6-1-2-7-19(18)16-24)20-8-4-11-23(15-20)14-17-5-3-9-21(13-17)25(27)28/h1-3,5-7,9,13,20H,4,8,10-12,14-16H2. The second-order valence-corrected chi connectivity index (χ2v) is 7.78. The van der Waals surface area contributed by atoms with Crippen LogP contribution in [-0.4, -0.2) is 40.3 Å². The molecule has 0 radical (unpaired) electrons. The van der Waals surface area contributed by atoms with Gasteiger partial charge in [0.05, 0.1) is 10.8 Å². The van der Waals surface area contributed by atoms with Crippen LogP contribution in [0.4, 0.5) is 5.69 Å². The summed E-state index contributed by atoms with van der Waals surface area (Å²) in [6.07, 6.45) is 2.82. The molecule has 2 aromatic carbocycles. The van der Waals surface area contributed by atoms with Crippen molar-refractivity contribution in [3.63, 3.8) is 0 Å². The van der Waals surface area contributed by atoms with Gasteiger partial charge in [-0.15, -0.1) is 0 Å². The van der Waals surface area contributed by atoms with Crippen LogP contribution in [0.5, 0.6) is 0 Å². The van der Waals surface area contributed by atoms with Crippen LogP contribution in [0.3, 0.4) is 0 Å². The van der Waals surface area contributed by atoms with Gasteiger partial charge in [0.2, 0.25) is 5.91 Å². The second kappa shape index (κ2) is 8.10. The summed E-state index contributed by atoms with van der Waals surface area (Å²) < 4.78 is 0. The summed E-state index contributed by atoms with van der Waals surface area (Å²) in [6, 6.07) is 15.2. The van der Waals surface area contributed by atoms with E-state index in [1.165, 1.54) is 17.2 Å². The van der Waals surface area contributed by atoms with Gasteiger partial charge in [-0.1, -0.05) is 36.4 Å². The van der Waals surface area contributed by atoms with Gasteiger partial charge in [0.1, 0.15) is 0 Å². The lowest BCUT2D eigenvalue weighted by Crippen LogP contribution is -2.46. The molecule has 0 saturated carbocycles. The van der Waals surface area contributed by atoms with E-state index in [0.29, 0.717) is 13.1 Å². The van der Waals surface area contributed by atoms with Crippen molar-refractivity contribution in [1.29, 1.82) is 0 Å². The van der Waals surface area contributed by atoms with Crippen molar-refractivity contribution in [2.24, 2.45) is 5.92 Å². The Balaban J connectivity index is 1.39. The van der Waals surface area contributed by atoms with Gasteiger partial charge < -0.3 is 4.90 Å². The molecule has 0 aliphatic carbocycles. The molecule has 2 aliphatic heterocycles. The maximum atomic E-state index is 13.1. The van der Waals surface area contributed by atoms with Crippen LogP contribution >= 0.6 is 0 Å². The molecule has 1 unspecified atom stereocenters. The highest BCUT2D eigenvalue weighted by Crippen LogP contribution is 2.25. The molecule has 6 heteroatoms. The van der Waals surface area contributed by atoms with E-state index in [2.05, 4.69) is 23.1 Å². The lowest BCUT2D eigenvalue weighted by atomic mass is 9.93. The van der Waals surface area contributed by atoms with Crippen LogP contribution in [0.2, 0.25) is 0 Å². The number of rotatable bonds is 4. The third-order valence-corrected chi connectivity index (χ3v) is 5.82. The number of hydrogen-bond donors (Lipinski definition) is 0. The Hall–Kier alpha value is -2.73. The molecule has 0 aromatic heterocycles. The summed E-state index contributed by atoms with van der Waals surface area (Å²) in [7, 11) is 0. The topological polar surface area (TPSA) is 66.7 Å². The lowest BCUT2D eigenvalue weighted by molar-refractivity contribution is -0.384. The monoisotopic (exact) mass is 379 g/mol. The van der Waals surface area contributed by atoms with Gasteiger partial charge in [0, 0.05) is 38.3 Å². The number of carbonyl (C=O) groups is 1. The Kier molecular flexibility index (Phi) is 5.39. The number of likely N-dealkylation sites (tertiary alicyclic amines) is 1. The molecule has 1 saturated heterocycles. The van der Waals surface area contributed by atoms with E-state index in [1.807, 2.05) is 17.0 Å². The van der Waals surface area contributed by atoms with Crippen molar-refractivity contribution >= 4 is 11.6 Å². The van der Waals surface area contributed by atoms with Gasteiger partial charge in [0.25, 0.3) is 5.69 Å². The Morgan fingerprint density at radius 1 is 1.11 bits per heavy atom. The SMILES string of the molecule is O=C(C1CCCN(Cc2cccc([N+](=O)[O-])c2)C1)N1CCc2ccccc2C1. The van der Waals surface area contributed by atoms with Gasteiger partial charge >= 0.3 is 0 Å². The van der Waals surface area contributed by atoms with Crippen molar-refractivity contribution < 1.29 is 9.72 Å². The first-order chi connectivity index (χ1) is 13.6. The minimum absolute atomic E-state index is 0.0118. The maximum absolute atomic E-state index is 13.1. The molecule has 0 spiro atoms. The highest BCUT2D eigenvalue weighted by atomic mass is 16.6. The van der Waals surface area contributed by atoms with E-state index in [9.17, 15) is 14.9 Å². The van der Waals surface area contributed by atoms with Gasteiger partial charge in [0.15, 0.2) is 0 Å². The summed E-state index contributed by atoms with van der Waals surface area (Å²) in [5.41, 5.74) is 3.65. The van der Waals surface area contributed by atoms with Crippen LogP contribution < -0.4 is 0 Å². The Morgan fingerprint density at radius 3 is 2.75 bits per heavy atom. The van der Waals surface area contributed by atoms with Gasteiger partial charge in [-0.2, -0.15) is 0 Å². The third-order valence-electron chi connectivity index (χ3n) is 5.82. The largest absolute Gasteiger partial charge is 0.338 e. The number of fused-ring (bicyclic) bond motifs is 1. The van der Waals surface area contributed by atoms with Crippen molar-refractivity contribution in [2.75, 3.05) is 19.6 Å². The average Bonchev–Trinajstić information content (AvgIpc) is 2.73. The number of nitrogens with zero attached hydrogens (tertiary/aromatic N) is 3. The Morgan fingerprint density at radius 2 is 1.93 bits per heavy atom. The van der Waals surface area contributed by atoms with Crippen LogP contribution in [0.1, 0.15) is 29.5 Å². The molecule has 2 aliphatic rings. The summed E-state index contributed by atoms with van der Waals surface area (Å²) in [6.45, 7) is 3.79. The van der Waals surface area contributed by atoms with E-state index in [-0.39, 0.29) is 22.4 Å². The van der Waals surface area contributed by atoms with Crippen molar-refractivity contribution in [3.8, 4) is 0 Å². The van der Waals surface area contributed by atoms with Gasteiger partial charge in [-0.05, 0) is 42.5 Å². The molecule has 6 nitrogen and oxygen atoms in total. The van der Waals surface area contributed by atoms with E-state index >= 15 is 0 Å². The molecule has 1 amide bonds. The molecule has 1 fully saturated rings. The fourth-order valence-corrected chi connectivity index (χ4v) is 4.37. The molecule has 2 aromatic rings. The molecule has 4 rings (SSSR count). The zero-order valence-electron chi connectivity index (χ0n) is 15.9. The average molecular weight is 379 g/mol. The lowest BCUT2D eigenvalue weighted by Gasteiger charge is -2.36. The molecule has 28 heavy (non-hydrogen) atoms. The quantitative estimate of drug-likeness (QED) is 0.603. The number of non-ortho nitro benzene ring substituents is 1. The normalized spacial score (nSPS) is 19.9. The zero-order chi connectivity index (χ0) is 19.5. The summed E-state index contributed by atoms with van der Waals surface area (Å²) >= 11 is 0. The van der Waals surface area contributed by atoms with E-state index < -0.39 is 0 Å². The predicted octanol–water partition coefficient (Wildman–Crippen LogP) is 3.39. The van der Waals surface area contributed by atoms with Crippen molar-refractivity contribution in [3.05, 3.63) is 75.3 Å². The zero-order valence-corrected chi connectivity index (χ0v) is 15.9. The van der Waals surface area contributed by atoms with Crippen molar-refractivity contribution in [2.45, 2.75) is 32.4 Å². The summed E-state index contributed by atoms with van der Waals surface area (Å²) in [4.78, 5) is 28.0. The minimum Gasteiger partial charge on any atom is -0.338 e.